The zero-order valence-corrected chi connectivity index (χ0v) is 15.2. The number of fused-ring (bicyclic) bond motifs is 1. The van der Waals surface area contributed by atoms with Crippen LogP contribution in [0.1, 0.15) is 44.5 Å². The molecule has 121 valence electrons. The Hall–Kier alpha value is -1.33. The first-order valence-corrected chi connectivity index (χ1v) is 9.96. The van der Waals surface area contributed by atoms with Crippen LogP contribution in [0.2, 0.25) is 13.1 Å². The highest BCUT2D eigenvalue weighted by atomic mass is 28.3. The molecule has 0 amide bonds. The molecule has 0 aromatic heterocycles. The van der Waals surface area contributed by atoms with Crippen molar-refractivity contribution >= 4 is 14.8 Å². The minimum Gasteiger partial charge on any atom is -0.508 e. The molecule has 2 unspecified atom stereocenters. The van der Waals surface area contributed by atoms with Crippen molar-refractivity contribution in [2.45, 2.75) is 58.9 Å². The monoisotopic (exact) mass is 321 g/mol. The molecule has 0 fully saturated rings. The van der Waals surface area contributed by atoms with E-state index in [1.165, 1.54) is 6.07 Å². The van der Waals surface area contributed by atoms with E-state index in [1.807, 2.05) is 6.92 Å². The molecule has 2 rings (SSSR count). The molecule has 0 saturated carbocycles. The van der Waals surface area contributed by atoms with Crippen molar-refractivity contribution < 1.29 is 19.1 Å². The Bertz CT molecular complexity index is 577. The Morgan fingerprint density at radius 3 is 2.55 bits per heavy atom. The van der Waals surface area contributed by atoms with Gasteiger partial charge in [0, 0.05) is 0 Å². The average molecular weight is 321 g/mol. The van der Waals surface area contributed by atoms with Gasteiger partial charge in [-0.1, -0.05) is 20.8 Å². The van der Waals surface area contributed by atoms with Crippen LogP contribution in [-0.2, 0) is 4.43 Å². The smallest absolute Gasteiger partial charge is 0.205 e. The molecule has 1 aliphatic rings. The molecule has 5 heteroatoms. The summed E-state index contributed by atoms with van der Waals surface area (Å²) in [6, 6.07) is 4.67. The highest BCUT2D eigenvalue weighted by Crippen LogP contribution is 2.42. The lowest BCUT2D eigenvalue weighted by Crippen LogP contribution is -2.56. The zero-order chi connectivity index (χ0) is 16.7. The predicted molar refractivity (Wildman–Crippen MR) is 87.9 cm³/mol. The van der Waals surface area contributed by atoms with Crippen molar-refractivity contribution in [3.63, 3.8) is 0 Å². The molecule has 1 aromatic rings. The van der Waals surface area contributed by atoms with E-state index in [2.05, 4.69) is 33.9 Å². The summed E-state index contributed by atoms with van der Waals surface area (Å²) in [5.41, 5.74) is -0.407. The Morgan fingerprint density at radius 2 is 2.00 bits per heavy atom. The molecule has 1 N–H and O–H groups in total. The van der Waals surface area contributed by atoms with Gasteiger partial charge in [0.05, 0.1) is 18.1 Å². The minimum atomic E-state index is -0.934. The van der Waals surface area contributed by atoms with Crippen LogP contribution in [0.3, 0.4) is 0 Å². The summed E-state index contributed by atoms with van der Waals surface area (Å²) in [6.07, 6.45) is 0.0652. The number of Topliss-reactive ketones (excluding diaryl/α,β-unsaturated/α-hetero) is 1. The summed E-state index contributed by atoms with van der Waals surface area (Å²) >= 11 is 0. The number of rotatable bonds is 3. The van der Waals surface area contributed by atoms with Gasteiger partial charge in [-0.15, -0.1) is 0 Å². The van der Waals surface area contributed by atoms with Crippen molar-refractivity contribution in [2.24, 2.45) is 5.41 Å². The van der Waals surface area contributed by atoms with Crippen molar-refractivity contribution in [1.29, 1.82) is 0 Å². The molecule has 1 heterocycles. The Morgan fingerprint density at radius 1 is 1.36 bits per heavy atom. The Kier molecular flexibility index (Phi) is 4.41. The largest absolute Gasteiger partial charge is 0.508 e. The topological polar surface area (TPSA) is 55.8 Å². The van der Waals surface area contributed by atoms with Gasteiger partial charge in [0.1, 0.15) is 17.1 Å². The van der Waals surface area contributed by atoms with Gasteiger partial charge in [0.15, 0.2) is 5.78 Å². The Balaban J connectivity index is 2.41. The van der Waals surface area contributed by atoms with Gasteiger partial charge < -0.3 is 14.3 Å². The highest BCUT2D eigenvalue weighted by Gasteiger charge is 2.48. The summed E-state index contributed by atoms with van der Waals surface area (Å²) in [7, 11) is -0.934. The normalized spacial score (nSPS) is 23.1. The van der Waals surface area contributed by atoms with E-state index in [4.69, 9.17) is 9.16 Å². The lowest BCUT2D eigenvalue weighted by Gasteiger charge is -2.47. The second-order valence-electron chi connectivity index (χ2n) is 7.47. The first-order chi connectivity index (χ1) is 10.0. The number of phenols is 1. The molecule has 1 aliphatic heterocycles. The first kappa shape index (κ1) is 17.0. The lowest BCUT2D eigenvalue weighted by molar-refractivity contribution is -0.0831. The third kappa shape index (κ3) is 3.36. The van der Waals surface area contributed by atoms with Crippen LogP contribution in [0.5, 0.6) is 11.5 Å². The maximum atomic E-state index is 12.5. The van der Waals surface area contributed by atoms with Gasteiger partial charge in [0.2, 0.25) is 9.04 Å². The van der Waals surface area contributed by atoms with E-state index in [0.717, 1.165) is 0 Å². The van der Waals surface area contributed by atoms with Gasteiger partial charge in [-0.3, -0.25) is 4.79 Å². The molecule has 0 saturated heterocycles. The van der Waals surface area contributed by atoms with Crippen LogP contribution in [-0.4, -0.2) is 31.6 Å². The average Bonchev–Trinajstić information content (AvgIpc) is 2.35. The second-order valence-corrected chi connectivity index (χ2v) is 9.52. The van der Waals surface area contributed by atoms with Gasteiger partial charge >= 0.3 is 0 Å². The van der Waals surface area contributed by atoms with Gasteiger partial charge in [-0.25, -0.2) is 0 Å². The summed E-state index contributed by atoms with van der Waals surface area (Å²) in [5.74, 6) is 0.587. The van der Waals surface area contributed by atoms with Crippen molar-refractivity contribution in [3.05, 3.63) is 23.8 Å². The fourth-order valence-electron chi connectivity index (χ4n) is 3.13. The van der Waals surface area contributed by atoms with Gasteiger partial charge in [0.25, 0.3) is 0 Å². The van der Waals surface area contributed by atoms with E-state index < -0.39 is 14.6 Å². The predicted octanol–water partition coefficient (Wildman–Crippen LogP) is 3.80. The number of carbonyl (C=O) groups excluding carboxylic acids is 1. The summed E-state index contributed by atoms with van der Waals surface area (Å²) in [6.45, 7) is 12.4. The molecule has 4 nitrogen and oxygen atoms in total. The number of aromatic hydroxyl groups is 1. The van der Waals surface area contributed by atoms with Crippen molar-refractivity contribution in [2.75, 3.05) is 0 Å². The van der Waals surface area contributed by atoms with Crippen molar-refractivity contribution in [1.82, 2.24) is 0 Å². The summed E-state index contributed by atoms with van der Waals surface area (Å²) in [5, 5.41) is 9.57. The van der Waals surface area contributed by atoms with Crippen LogP contribution in [0.4, 0.5) is 0 Å². The number of ketones is 1. The maximum absolute atomic E-state index is 12.5. The molecule has 0 aliphatic carbocycles. The fraction of sp³-hybridized carbons (Fsp3) is 0.588. The first-order valence-electron chi connectivity index (χ1n) is 7.55. The number of carbonyl (C=O) groups is 1. The molecule has 1 aromatic carbocycles. The summed E-state index contributed by atoms with van der Waals surface area (Å²) in [4.78, 5) is 12.5. The molecule has 0 spiro atoms. The van der Waals surface area contributed by atoms with E-state index in [9.17, 15) is 9.90 Å². The molecule has 0 bridgehead atoms. The van der Waals surface area contributed by atoms with Gasteiger partial charge in [-0.05, 0) is 43.6 Å². The zero-order valence-electron chi connectivity index (χ0n) is 14.2. The van der Waals surface area contributed by atoms with Crippen LogP contribution in [0.25, 0.3) is 0 Å². The molecule has 22 heavy (non-hydrogen) atoms. The van der Waals surface area contributed by atoms with Crippen molar-refractivity contribution in [3.8, 4) is 11.5 Å². The second kappa shape index (κ2) is 5.70. The minimum absolute atomic E-state index is 0.0153. The van der Waals surface area contributed by atoms with E-state index in [1.54, 1.807) is 12.1 Å². The number of hydrogen-bond acceptors (Lipinski definition) is 4. The van der Waals surface area contributed by atoms with E-state index in [0.29, 0.717) is 11.3 Å². The molecular formula is C17H25O4Si. The van der Waals surface area contributed by atoms with Crippen LogP contribution in [0, 0.1) is 5.41 Å². The van der Waals surface area contributed by atoms with Crippen LogP contribution >= 0.6 is 0 Å². The van der Waals surface area contributed by atoms with E-state index >= 15 is 0 Å². The Labute approximate surface area is 134 Å². The number of benzene rings is 1. The van der Waals surface area contributed by atoms with Crippen LogP contribution in [0.15, 0.2) is 18.2 Å². The standard InChI is InChI=1S/C17H25O4Si/c1-16(2,3)15(21-22(5)6)17(4)10-13(19)12-9-11(18)7-8-14(12)20-17/h7-9,15,18H,10H2,1-6H3. The number of ether oxygens (including phenoxy) is 1. The molecule has 1 radical (unpaired) electrons. The number of hydrogen-bond donors (Lipinski definition) is 1. The third-order valence-corrected chi connectivity index (χ3v) is 4.52. The molecule has 2 atom stereocenters. The quantitative estimate of drug-likeness (QED) is 0.860. The van der Waals surface area contributed by atoms with E-state index in [-0.39, 0.29) is 29.5 Å². The third-order valence-electron chi connectivity index (χ3n) is 3.81. The molecular weight excluding hydrogens is 296 g/mol. The highest BCUT2D eigenvalue weighted by molar-refractivity contribution is 6.48. The maximum Gasteiger partial charge on any atom is 0.205 e. The van der Waals surface area contributed by atoms with Crippen LogP contribution < -0.4 is 4.74 Å². The summed E-state index contributed by atoms with van der Waals surface area (Å²) < 4.78 is 12.4. The van der Waals surface area contributed by atoms with Gasteiger partial charge in [-0.2, -0.15) is 0 Å². The number of phenolic OH excluding ortho intramolecular Hbond substituents is 1. The SMILES string of the molecule is C[Si](C)OC(C(C)(C)C)C1(C)CC(=O)c2cc(O)ccc2O1. The lowest BCUT2D eigenvalue weighted by atomic mass is 9.75. The fourth-order valence-corrected chi connectivity index (χ4v) is 4.20.